The second kappa shape index (κ2) is 12.0. The normalized spacial score (nSPS) is 15.3. The van der Waals surface area contributed by atoms with Gasteiger partial charge in [0.1, 0.15) is 24.3 Å². The third kappa shape index (κ3) is 5.57. The van der Waals surface area contributed by atoms with Gasteiger partial charge in [-0.15, -0.1) is 0 Å². The molecule has 1 fully saturated rings. The van der Waals surface area contributed by atoms with Crippen LogP contribution in [0.1, 0.15) is 24.2 Å². The molecule has 2 aliphatic heterocycles. The monoisotopic (exact) mass is 568 g/mol. The number of benzene rings is 2. The molecule has 0 spiro atoms. The minimum Gasteiger partial charge on any atom is -0.475 e. The molecule has 5 heterocycles. The lowest BCUT2D eigenvalue weighted by Crippen LogP contribution is -2.36. The van der Waals surface area contributed by atoms with Crippen LogP contribution in [0.25, 0.3) is 33.9 Å². The highest BCUT2D eigenvalue weighted by Gasteiger charge is 2.25. The van der Waals surface area contributed by atoms with Crippen molar-refractivity contribution in [3.05, 3.63) is 96.6 Å². The van der Waals surface area contributed by atoms with Gasteiger partial charge in [0.2, 0.25) is 11.7 Å². The molecule has 9 heteroatoms. The molecule has 2 aromatic carbocycles. The predicted molar refractivity (Wildman–Crippen MR) is 165 cm³/mol. The topological polar surface area (TPSA) is 96.0 Å². The van der Waals surface area contributed by atoms with E-state index in [-0.39, 0.29) is 5.82 Å². The molecule has 0 radical (unpaired) electrons. The average molecular weight is 569 g/mol. The molecule has 214 valence electrons. The van der Waals surface area contributed by atoms with Crippen LogP contribution in [0, 0.1) is 11.3 Å². The van der Waals surface area contributed by atoms with Gasteiger partial charge in [-0.25, -0.2) is 19.9 Å². The fourth-order valence-corrected chi connectivity index (χ4v) is 6.06. The molecule has 0 saturated carbocycles. The van der Waals surface area contributed by atoms with Gasteiger partial charge in [0.25, 0.3) is 0 Å². The summed E-state index contributed by atoms with van der Waals surface area (Å²) in [6, 6.07) is 27.3. The predicted octanol–water partition coefficient (Wildman–Crippen LogP) is 5.44. The summed E-state index contributed by atoms with van der Waals surface area (Å²) >= 11 is 0. The fourth-order valence-electron chi connectivity index (χ4n) is 6.06. The number of anilines is 1. The van der Waals surface area contributed by atoms with Crippen LogP contribution < -0.4 is 9.64 Å². The van der Waals surface area contributed by atoms with E-state index in [1.807, 2.05) is 30.3 Å². The molecule has 1 saturated heterocycles. The largest absolute Gasteiger partial charge is 0.475 e. The van der Waals surface area contributed by atoms with E-state index < -0.39 is 0 Å². The second-order valence-electron chi connectivity index (χ2n) is 10.9. The summed E-state index contributed by atoms with van der Waals surface area (Å²) in [6.45, 7) is 5.99. The summed E-state index contributed by atoms with van der Waals surface area (Å²) in [5, 5.41) is 9.16. The Bertz CT molecular complexity index is 1750. The van der Waals surface area contributed by atoms with Gasteiger partial charge in [0, 0.05) is 56.2 Å². The van der Waals surface area contributed by atoms with Crippen molar-refractivity contribution in [3.63, 3.8) is 0 Å². The summed E-state index contributed by atoms with van der Waals surface area (Å²) in [4.78, 5) is 22.9. The summed E-state index contributed by atoms with van der Waals surface area (Å²) in [5.74, 6) is 2.59. The van der Waals surface area contributed by atoms with Crippen LogP contribution in [-0.4, -0.2) is 62.2 Å². The van der Waals surface area contributed by atoms with Crippen LogP contribution in [0.3, 0.4) is 0 Å². The maximum Gasteiger partial charge on any atom is 0.234 e. The zero-order valence-corrected chi connectivity index (χ0v) is 23.9. The van der Waals surface area contributed by atoms with Crippen LogP contribution in [-0.2, 0) is 13.1 Å². The SMILES string of the molecule is N#Cc1nccc(N2CCCN(Cc3ccc(-c4nc5n(c4-c4ccccc4)CCOc4ncccc4-5)cc3)CCC2)n1. The highest BCUT2D eigenvalue weighted by molar-refractivity contribution is 5.83. The molecule has 43 heavy (non-hydrogen) atoms. The third-order valence-electron chi connectivity index (χ3n) is 8.08. The van der Waals surface area contributed by atoms with Gasteiger partial charge >= 0.3 is 0 Å². The van der Waals surface area contributed by atoms with E-state index in [1.165, 1.54) is 5.56 Å². The Labute approximate surface area is 251 Å². The number of nitriles is 1. The molecular formula is C34H32N8O. The number of hydrogen-bond acceptors (Lipinski definition) is 8. The van der Waals surface area contributed by atoms with Gasteiger partial charge in [0.15, 0.2) is 0 Å². The number of nitrogens with zero attached hydrogens (tertiary/aromatic N) is 8. The van der Waals surface area contributed by atoms with E-state index in [2.05, 4.69) is 77.8 Å². The van der Waals surface area contributed by atoms with Crippen LogP contribution in [0.2, 0.25) is 0 Å². The molecule has 0 atom stereocenters. The highest BCUT2D eigenvalue weighted by Crippen LogP contribution is 2.39. The first-order chi connectivity index (χ1) is 21.3. The van der Waals surface area contributed by atoms with Crippen molar-refractivity contribution in [2.24, 2.45) is 0 Å². The van der Waals surface area contributed by atoms with Crippen molar-refractivity contribution in [2.45, 2.75) is 25.9 Å². The van der Waals surface area contributed by atoms with E-state index in [1.54, 1.807) is 12.4 Å². The Balaban J connectivity index is 1.11. The molecule has 3 aromatic heterocycles. The van der Waals surface area contributed by atoms with E-state index in [4.69, 9.17) is 15.0 Å². The number of ether oxygens (including phenoxy) is 1. The van der Waals surface area contributed by atoms with Crippen LogP contribution >= 0.6 is 0 Å². The maximum absolute atomic E-state index is 9.16. The van der Waals surface area contributed by atoms with Crippen molar-refractivity contribution in [3.8, 4) is 45.9 Å². The molecule has 2 aliphatic rings. The molecule has 0 aliphatic carbocycles. The first kappa shape index (κ1) is 26.8. The van der Waals surface area contributed by atoms with Gasteiger partial charge in [-0.3, -0.25) is 4.90 Å². The van der Waals surface area contributed by atoms with Gasteiger partial charge in [0.05, 0.1) is 23.5 Å². The number of imidazole rings is 1. The summed E-state index contributed by atoms with van der Waals surface area (Å²) in [6.07, 6.45) is 5.50. The summed E-state index contributed by atoms with van der Waals surface area (Å²) in [7, 11) is 0. The van der Waals surface area contributed by atoms with Crippen molar-refractivity contribution in [1.29, 1.82) is 5.26 Å². The third-order valence-corrected chi connectivity index (χ3v) is 8.08. The molecule has 0 amide bonds. The number of fused-ring (bicyclic) bond motifs is 3. The Morgan fingerprint density at radius 1 is 0.767 bits per heavy atom. The number of hydrogen-bond donors (Lipinski definition) is 0. The van der Waals surface area contributed by atoms with E-state index in [0.717, 1.165) is 85.3 Å². The summed E-state index contributed by atoms with van der Waals surface area (Å²) < 4.78 is 8.25. The minimum atomic E-state index is 0.225. The molecule has 5 aromatic rings. The molecular weight excluding hydrogens is 536 g/mol. The standard InChI is InChI=1S/C34H32N8O/c35-23-29-36-16-14-30(38-29)41-19-5-17-40(18-6-20-41)24-25-10-12-26(13-11-25)31-32(27-7-2-1-3-8-27)42-21-22-43-34-28(33(42)39-31)9-4-15-37-34/h1-4,7-16H,5-6,17-22,24H2. The van der Waals surface area contributed by atoms with E-state index >= 15 is 0 Å². The quantitative estimate of drug-likeness (QED) is 0.277. The minimum absolute atomic E-state index is 0.225. The lowest BCUT2D eigenvalue weighted by molar-refractivity contribution is 0.251. The van der Waals surface area contributed by atoms with Gasteiger partial charge in [-0.2, -0.15) is 5.26 Å². The lowest BCUT2D eigenvalue weighted by atomic mass is 10.0. The van der Waals surface area contributed by atoms with Crippen molar-refractivity contribution < 1.29 is 4.74 Å². The Morgan fingerprint density at radius 2 is 1.58 bits per heavy atom. The molecule has 0 N–H and O–H groups in total. The van der Waals surface area contributed by atoms with Crippen LogP contribution in [0.5, 0.6) is 5.88 Å². The molecule has 9 nitrogen and oxygen atoms in total. The Kier molecular flexibility index (Phi) is 7.50. The Morgan fingerprint density at radius 3 is 2.37 bits per heavy atom. The Hall–Kier alpha value is -5.07. The number of pyridine rings is 1. The van der Waals surface area contributed by atoms with E-state index in [0.29, 0.717) is 19.0 Å². The zero-order chi connectivity index (χ0) is 29.0. The number of aromatic nitrogens is 5. The molecule has 7 rings (SSSR count). The van der Waals surface area contributed by atoms with Gasteiger partial charge in [-0.1, -0.05) is 54.6 Å². The fraction of sp³-hybridized carbons (Fsp3) is 0.265. The number of rotatable bonds is 5. The van der Waals surface area contributed by atoms with Crippen molar-refractivity contribution >= 4 is 5.82 Å². The van der Waals surface area contributed by atoms with Gasteiger partial charge < -0.3 is 14.2 Å². The van der Waals surface area contributed by atoms with Crippen LogP contribution in [0.4, 0.5) is 5.82 Å². The first-order valence-corrected chi connectivity index (χ1v) is 14.8. The molecule has 0 bridgehead atoms. The summed E-state index contributed by atoms with van der Waals surface area (Å²) in [5.41, 5.74) is 6.51. The second-order valence-corrected chi connectivity index (χ2v) is 10.9. The maximum atomic E-state index is 9.16. The first-order valence-electron chi connectivity index (χ1n) is 14.8. The van der Waals surface area contributed by atoms with Crippen molar-refractivity contribution in [2.75, 3.05) is 37.7 Å². The van der Waals surface area contributed by atoms with Crippen molar-refractivity contribution in [1.82, 2.24) is 29.4 Å². The lowest BCUT2D eigenvalue weighted by Gasteiger charge is -2.31. The smallest absolute Gasteiger partial charge is 0.234 e. The van der Waals surface area contributed by atoms with Gasteiger partial charge in [-0.05, 0) is 36.6 Å². The molecule has 0 unspecified atom stereocenters. The van der Waals surface area contributed by atoms with Crippen LogP contribution in [0.15, 0.2) is 85.2 Å². The zero-order valence-electron chi connectivity index (χ0n) is 23.9. The average Bonchev–Trinajstić information content (AvgIpc) is 3.32. The highest BCUT2D eigenvalue weighted by atomic mass is 16.5. The van der Waals surface area contributed by atoms with E-state index in [9.17, 15) is 0 Å².